The molecule has 1 aromatic heterocycles. The molecule has 0 amide bonds. The Morgan fingerprint density at radius 3 is 2.62 bits per heavy atom. The van der Waals surface area contributed by atoms with Crippen LogP contribution in [-0.4, -0.2) is 35.3 Å². The lowest BCUT2D eigenvalue weighted by atomic mass is 10.1. The molecule has 0 aliphatic carbocycles. The minimum absolute atomic E-state index is 0.244. The number of fused-ring (bicyclic) bond motifs is 1. The van der Waals surface area contributed by atoms with E-state index in [1.165, 1.54) is 0 Å². The van der Waals surface area contributed by atoms with E-state index in [-0.39, 0.29) is 5.58 Å². The quantitative estimate of drug-likeness (QED) is 0.477. The van der Waals surface area contributed by atoms with Crippen LogP contribution in [0.2, 0.25) is 0 Å². The van der Waals surface area contributed by atoms with Crippen LogP contribution in [0.1, 0.15) is 5.56 Å². The van der Waals surface area contributed by atoms with Crippen LogP contribution >= 0.6 is 7.60 Å². The van der Waals surface area contributed by atoms with Crippen LogP contribution in [0, 0.1) is 11.8 Å². The third-order valence-corrected chi connectivity index (χ3v) is 3.60. The third kappa shape index (κ3) is 3.81. The third-order valence-electron chi connectivity index (χ3n) is 2.66. The normalized spacial score (nSPS) is 11.5. The van der Waals surface area contributed by atoms with Crippen molar-refractivity contribution >= 4 is 23.9 Å². The second-order valence-corrected chi connectivity index (χ2v) is 6.33. The zero-order chi connectivity index (χ0) is 15.6. The summed E-state index contributed by atoms with van der Waals surface area (Å²) in [6.45, 7) is 0.596. The number of nitrogens with zero attached hydrogens (tertiary/aromatic N) is 1. The Bertz CT molecular complexity index is 838. The molecule has 1 aromatic carbocycles. The zero-order valence-electron chi connectivity index (χ0n) is 11.5. The van der Waals surface area contributed by atoms with Gasteiger partial charge in [-0.25, -0.2) is 4.79 Å². The molecule has 2 rings (SSSR count). The van der Waals surface area contributed by atoms with Gasteiger partial charge in [0.25, 0.3) is 0 Å². The van der Waals surface area contributed by atoms with Crippen molar-refractivity contribution in [3.63, 3.8) is 0 Å². The summed E-state index contributed by atoms with van der Waals surface area (Å²) in [5, 5.41) is -0.201. The summed E-state index contributed by atoms with van der Waals surface area (Å²) >= 11 is 0. The first-order valence-corrected chi connectivity index (χ1v) is 7.66. The fraction of sp³-hybridized carbons (Fsp3) is 0.214. The summed E-state index contributed by atoms with van der Waals surface area (Å²) in [5.74, 6) is 5.87. The molecule has 0 fully saturated rings. The van der Waals surface area contributed by atoms with Crippen molar-refractivity contribution in [2.75, 3.05) is 20.6 Å². The molecule has 7 heteroatoms. The molecule has 0 radical (unpaired) electrons. The van der Waals surface area contributed by atoms with Gasteiger partial charge >= 0.3 is 13.2 Å². The van der Waals surface area contributed by atoms with Gasteiger partial charge in [-0.3, -0.25) is 9.46 Å². The summed E-state index contributed by atoms with van der Waals surface area (Å²) in [5.41, 5.74) is -0.125. The average molecular weight is 307 g/mol. The molecule has 0 aliphatic rings. The lowest BCUT2D eigenvalue weighted by Crippen LogP contribution is -2.23. The predicted octanol–water partition coefficient (Wildman–Crippen LogP) is 0.509. The Labute approximate surface area is 121 Å². The van der Waals surface area contributed by atoms with Gasteiger partial charge in [-0.1, -0.05) is 11.8 Å². The van der Waals surface area contributed by atoms with E-state index in [4.69, 9.17) is 14.2 Å². The van der Waals surface area contributed by atoms with Gasteiger partial charge in [-0.2, -0.15) is 0 Å². The van der Waals surface area contributed by atoms with Crippen LogP contribution in [0.5, 0.6) is 0 Å². The number of hydrogen-bond donors (Lipinski definition) is 2. The molecule has 2 aromatic rings. The van der Waals surface area contributed by atoms with Crippen molar-refractivity contribution < 1.29 is 18.8 Å². The second-order valence-electron chi connectivity index (χ2n) is 4.76. The van der Waals surface area contributed by atoms with Gasteiger partial charge in [0.2, 0.25) is 0 Å². The van der Waals surface area contributed by atoms with Gasteiger partial charge < -0.3 is 14.2 Å². The molecule has 0 atom stereocenters. The topological polar surface area (TPSA) is 91.0 Å². The van der Waals surface area contributed by atoms with Crippen molar-refractivity contribution in [3.05, 3.63) is 40.2 Å². The Morgan fingerprint density at radius 2 is 2.00 bits per heavy atom. The van der Waals surface area contributed by atoms with Gasteiger partial charge in [-0.15, -0.1) is 0 Å². The first-order valence-electron chi connectivity index (χ1n) is 6.05. The molecular weight excluding hydrogens is 293 g/mol. The van der Waals surface area contributed by atoms with Crippen molar-refractivity contribution in [2.24, 2.45) is 0 Å². The molecule has 21 heavy (non-hydrogen) atoms. The first-order chi connectivity index (χ1) is 9.77. The Morgan fingerprint density at radius 1 is 1.29 bits per heavy atom. The molecule has 0 bridgehead atoms. The van der Waals surface area contributed by atoms with E-state index >= 15 is 0 Å². The molecule has 0 aliphatic heterocycles. The van der Waals surface area contributed by atoms with Crippen LogP contribution in [0.3, 0.4) is 0 Å². The largest absolute Gasteiger partial charge is 0.422 e. The standard InChI is InChI=1S/C14H14NO5P/c1-15(2)7-3-4-10-5-6-11-9-13(21(17,18)19)14(16)20-12(11)8-10/h5-6,8-9H,7H2,1-2H3,(H2,17,18,19). The molecule has 2 N–H and O–H groups in total. The summed E-state index contributed by atoms with van der Waals surface area (Å²) in [7, 11) is -0.839. The minimum Gasteiger partial charge on any atom is -0.422 e. The first kappa shape index (κ1) is 15.5. The van der Waals surface area contributed by atoms with Crippen molar-refractivity contribution in [2.45, 2.75) is 0 Å². The van der Waals surface area contributed by atoms with E-state index in [0.29, 0.717) is 17.5 Å². The monoisotopic (exact) mass is 307 g/mol. The van der Waals surface area contributed by atoms with E-state index in [0.717, 1.165) is 6.07 Å². The SMILES string of the molecule is CN(C)CC#Cc1ccc2cc(P(=O)(O)O)c(=O)oc2c1. The Balaban J connectivity index is 2.48. The van der Waals surface area contributed by atoms with E-state index < -0.39 is 18.5 Å². The highest BCUT2D eigenvalue weighted by atomic mass is 31.2. The molecule has 6 nitrogen and oxygen atoms in total. The zero-order valence-corrected chi connectivity index (χ0v) is 12.4. The van der Waals surface area contributed by atoms with Crippen molar-refractivity contribution in [3.8, 4) is 11.8 Å². The molecule has 0 spiro atoms. The summed E-state index contributed by atoms with van der Waals surface area (Å²) in [6.07, 6.45) is 0. The smallest absolute Gasteiger partial charge is 0.363 e. The van der Waals surface area contributed by atoms with Gasteiger partial charge in [-0.05, 0) is 38.4 Å². The maximum Gasteiger partial charge on any atom is 0.363 e. The maximum absolute atomic E-state index is 11.6. The maximum atomic E-state index is 11.6. The Hall–Kier alpha value is -1.90. The van der Waals surface area contributed by atoms with Gasteiger partial charge in [0.05, 0.1) is 6.54 Å². The van der Waals surface area contributed by atoms with E-state index in [2.05, 4.69) is 11.8 Å². The summed E-state index contributed by atoms with van der Waals surface area (Å²) < 4.78 is 16.1. The lowest BCUT2D eigenvalue weighted by molar-refractivity contribution is 0.385. The Kier molecular flexibility index (Phi) is 4.31. The molecular formula is C14H14NO5P. The van der Waals surface area contributed by atoms with Crippen LogP contribution in [0.4, 0.5) is 0 Å². The van der Waals surface area contributed by atoms with E-state index in [9.17, 15) is 9.36 Å². The van der Waals surface area contributed by atoms with Gasteiger partial charge in [0.1, 0.15) is 10.9 Å². The van der Waals surface area contributed by atoms with Crippen molar-refractivity contribution in [1.82, 2.24) is 4.90 Å². The van der Waals surface area contributed by atoms with Crippen LogP contribution in [-0.2, 0) is 4.57 Å². The molecule has 0 saturated heterocycles. The fourth-order valence-electron chi connectivity index (χ4n) is 1.68. The van der Waals surface area contributed by atoms with Crippen LogP contribution in [0.15, 0.2) is 33.5 Å². The highest BCUT2D eigenvalue weighted by molar-refractivity contribution is 7.60. The lowest BCUT2D eigenvalue weighted by Gasteiger charge is -2.04. The highest BCUT2D eigenvalue weighted by Crippen LogP contribution is 2.32. The van der Waals surface area contributed by atoms with Crippen LogP contribution < -0.4 is 10.9 Å². The van der Waals surface area contributed by atoms with Gasteiger partial charge in [0.15, 0.2) is 0 Å². The summed E-state index contributed by atoms with van der Waals surface area (Å²) in [6, 6.07) is 6.04. The van der Waals surface area contributed by atoms with Gasteiger partial charge in [0, 0.05) is 10.9 Å². The number of benzene rings is 1. The number of hydrogen-bond acceptors (Lipinski definition) is 4. The van der Waals surface area contributed by atoms with Crippen molar-refractivity contribution in [1.29, 1.82) is 0 Å². The molecule has 110 valence electrons. The second kappa shape index (κ2) is 5.84. The highest BCUT2D eigenvalue weighted by Gasteiger charge is 2.23. The fourth-order valence-corrected chi connectivity index (χ4v) is 2.27. The van der Waals surface area contributed by atoms with Crippen LogP contribution in [0.25, 0.3) is 11.0 Å². The van der Waals surface area contributed by atoms with E-state index in [1.807, 2.05) is 19.0 Å². The van der Waals surface area contributed by atoms with E-state index in [1.54, 1.807) is 18.2 Å². The molecule has 0 unspecified atom stereocenters. The average Bonchev–Trinajstić information content (AvgIpc) is 2.36. The predicted molar refractivity (Wildman–Crippen MR) is 79.6 cm³/mol. The number of rotatable bonds is 2. The minimum atomic E-state index is -4.64. The molecule has 1 heterocycles. The summed E-state index contributed by atoms with van der Waals surface area (Å²) in [4.78, 5) is 31.7. The molecule has 0 saturated carbocycles.